The Morgan fingerprint density at radius 3 is 2.90 bits per heavy atom. The van der Waals surface area contributed by atoms with Gasteiger partial charge in [-0.1, -0.05) is 29.3 Å². The molecule has 0 spiro atoms. The van der Waals surface area contributed by atoms with Gasteiger partial charge in [0.25, 0.3) is 11.8 Å². The van der Waals surface area contributed by atoms with E-state index in [1.54, 1.807) is 6.20 Å². The third kappa shape index (κ3) is 3.87. The van der Waals surface area contributed by atoms with Crippen LogP contribution < -0.4 is 5.32 Å². The summed E-state index contributed by atoms with van der Waals surface area (Å²) in [6.07, 6.45) is 5.57. The molecule has 156 valence electrons. The van der Waals surface area contributed by atoms with Gasteiger partial charge in [0, 0.05) is 31.0 Å². The van der Waals surface area contributed by atoms with Gasteiger partial charge in [0.15, 0.2) is 0 Å². The van der Waals surface area contributed by atoms with E-state index in [1.165, 1.54) is 12.3 Å². The predicted octanol–water partition coefficient (Wildman–Crippen LogP) is 3.77. The van der Waals surface area contributed by atoms with Gasteiger partial charge in [-0.25, -0.2) is 9.97 Å². The van der Waals surface area contributed by atoms with Crippen molar-refractivity contribution >= 4 is 40.7 Å². The number of nitrogens with zero attached hydrogens (tertiary/aromatic N) is 4. The summed E-state index contributed by atoms with van der Waals surface area (Å²) in [5.74, 6) is -0.341. The summed E-state index contributed by atoms with van der Waals surface area (Å²) in [4.78, 5) is 35.7. The van der Waals surface area contributed by atoms with Crippen LogP contribution in [0.5, 0.6) is 0 Å². The highest BCUT2D eigenvalue weighted by Gasteiger charge is 2.31. The normalized spacial score (nSPS) is 16.2. The first-order chi connectivity index (χ1) is 14.5. The summed E-state index contributed by atoms with van der Waals surface area (Å²) < 4.78 is 1.88. The second kappa shape index (κ2) is 8.62. The van der Waals surface area contributed by atoms with E-state index in [0.29, 0.717) is 25.2 Å². The number of aryl methyl sites for hydroxylation is 1. The Balaban J connectivity index is 1.42. The van der Waals surface area contributed by atoms with Gasteiger partial charge in [0.2, 0.25) is 0 Å². The van der Waals surface area contributed by atoms with Crippen molar-refractivity contribution in [2.75, 3.05) is 13.1 Å². The molecule has 3 aromatic heterocycles. The van der Waals surface area contributed by atoms with Crippen LogP contribution in [0.1, 0.15) is 45.8 Å². The van der Waals surface area contributed by atoms with Crippen molar-refractivity contribution in [2.24, 2.45) is 0 Å². The molecular weight excluding hydrogens is 425 g/mol. The lowest BCUT2D eigenvalue weighted by molar-refractivity contribution is 0.0723. The number of imidazole rings is 1. The van der Waals surface area contributed by atoms with Crippen molar-refractivity contribution in [3.05, 3.63) is 63.8 Å². The van der Waals surface area contributed by atoms with Crippen molar-refractivity contribution in [3.8, 4) is 0 Å². The molecule has 0 bridgehead atoms. The molecule has 0 unspecified atom stereocenters. The first-order valence-electron chi connectivity index (χ1n) is 9.79. The molecule has 1 aliphatic heterocycles. The molecule has 4 rings (SSSR count). The Kier molecular flexibility index (Phi) is 5.92. The number of carbonyl (C=O) groups excluding carboxylic acids is 2. The summed E-state index contributed by atoms with van der Waals surface area (Å²) in [7, 11) is 0. The van der Waals surface area contributed by atoms with Crippen molar-refractivity contribution in [1.29, 1.82) is 0 Å². The average molecular weight is 446 g/mol. The first kappa shape index (κ1) is 20.6. The molecule has 3 aromatic rings. The van der Waals surface area contributed by atoms with Crippen LogP contribution in [0.15, 0.2) is 36.7 Å². The lowest BCUT2D eigenvalue weighted by Gasteiger charge is -2.25. The molecule has 1 aliphatic rings. The lowest BCUT2D eigenvalue weighted by Crippen LogP contribution is -2.38. The van der Waals surface area contributed by atoms with Crippen LogP contribution in [-0.4, -0.2) is 50.2 Å². The highest BCUT2D eigenvalue weighted by Crippen LogP contribution is 2.25. The Bertz CT molecular complexity index is 1110. The van der Waals surface area contributed by atoms with Gasteiger partial charge in [-0.3, -0.25) is 14.0 Å². The van der Waals surface area contributed by atoms with Crippen molar-refractivity contribution in [3.63, 3.8) is 0 Å². The van der Waals surface area contributed by atoms with Crippen LogP contribution in [0.25, 0.3) is 5.65 Å². The van der Waals surface area contributed by atoms with E-state index in [2.05, 4.69) is 15.3 Å². The van der Waals surface area contributed by atoms with E-state index in [4.69, 9.17) is 23.2 Å². The van der Waals surface area contributed by atoms with E-state index in [0.717, 1.165) is 24.2 Å². The van der Waals surface area contributed by atoms with Gasteiger partial charge in [-0.05, 0) is 44.4 Å². The van der Waals surface area contributed by atoms with E-state index in [1.807, 2.05) is 34.4 Å². The summed E-state index contributed by atoms with van der Waals surface area (Å²) in [6, 6.07) is 7.36. The van der Waals surface area contributed by atoms with Gasteiger partial charge in [0.05, 0.1) is 16.8 Å². The maximum absolute atomic E-state index is 13.2. The minimum Gasteiger partial charge on any atom is -0.352 e. The molecule has 7 nitrogen and oxygen atoms in total. The number of hydrogen-bond donors (Lipinski definition) is 1. The standard InChI is InChI=1S/C21H21Cl2N5O2/c1-13-4-2-6-17-26-12-16(28(13)17)21(30)27-11-3-5-14(27)7-9-25-20(29)15-8-10-24-19(23)18(15)22/h2,4,6,8,10,12,14H,3,5,7,9,11H2,1H3,(H,25,29)/t14-/m1/s1. The number of carbonyl (C=O) groups is 2. The van der Waals surface area contributed by atoms with Gasteiger partial charge in [0.1, 0.15) is 16.5 Å². The summed E-state index contributed by atoms with van der Waals surface area (Å²) in [5.41, 5.74) is 2.58. The van der Waals surface area contributed by atoms with Crippen LogP contribution in [0, 0.1) is 6.92 Å². The fourth-order valence-corrected chi connectivity index (χ4v) is 4.30. The van der Waals surface area contributed by atoms with E-state index < -0.39 is 0 Å². The van der Waals surface area contributed by atoms with Crippen molar-refractivity contribution in [1.82, 2.24) is 24.6 Å². The molecule has 30 heavy (non-hydrogen) atoms. The van der Waals surface area contributed by atoms with E-state index >= 15 is 0 Å². The molecule has 1 saturated heterocycles. The Labute approximate surface area is 184 Å². The fraction of sp³-hybridized carbons (Fsp3) is 0.333. The lowest BCUT2D eigenvalue weighted by atomic mass is 10.1. The second-order valence-electron chi connectivity index (χ2n) is 7.31. The van der Waals surface area contributed by atoms with Crippen LogP contribution in [0.4, 0.5) is 0 Å². The zero-order valence-corrected chi connectivity index (χ0v) is 18.0. The van der Waals surface area contributed by atoms with Gasteiger partial charge >= 0.3 is 0 Å². The number of pyridine rings is 2. The zero-order chi connectivity index (χ0) is 21.3. The number of fused-ring (bicyclic) bond motifs is 1. The van der Waals surface area contributed by atoms with Crippen LogP contribution in [-0.2, 0) is 0 Å². The van der Waals surface area contributed by atoms with Crippen LogP contribution in [0.2, 0.25) is 10.2 Å². The smallest absolute Gasteiger partial charge is 0.272 e. The SMILES string of the molecule is Cc1cccc2ncc(C(=O)N3CCC[C@@H]3CCNC(=O)c3ccnc(Cl)c3Cl)n12. The third-order valence-electron chi connectivity index (χ3n) is 5.44. The molecule has 0 saturated carbocycles. The number of halogens is 2. The number of rotatable bonds is 5. The molecule has 1 N–H and O–H groups in total. The van der Waals surface area contributed by atoms with Crippen molar-refractivity contribution in [2.45, 2.75) is 32.2 Å². The highest BCUT2D eigenvalue weighted by atomic mass is 35.5. The number of likely N-dealkylation sites (tertiary alicyclic amines) is 1. The maximum Gasteiger partial charge on any atom is 0.272 e. The van der Waals surface area contributed by atoms with Gasteiger partial charge in [-0.15, -0.1) is 0 Å². The van der Waals surface area contributed by atoms with Gasteiger partial charge < -0.3 is 10.2 Å². The third-order valence-corrected chi connectivity index (χ3v) is 6.20. The minimum atomic E-state index is -0.308. The topological polar surface area (TPSA) is 79.6 Å². The Morgan fingerprint density at radius 2 is 2.07 bits per heavy atom. The highest BCUT2D eigenvalue weighted by molar-refractivity contribution is 6.43. The molecule has 2 amide bonds. The Hall–Kier alpha value is -2.64. The molecule has 1 atom stereocenters. The van der Waals surface area contributed by atoms with E-state index in [-0.39, 0.29) is 33.6 Å². The predicted molar refractivity (Wildman–Crippen MR) is 115 cm³/mol. The molecule has 0 radical (unpaired) electrons. The number of nitrogens with one attached hydrogen (secondary N) is 1. The van der Waals surface area contributed by atoms with Crippen LogP contribution >= 0.6 is 23.2 Å². The Morgan fingerprint density at radius 1 is 1.23 bits per heavy atom. The zero-order valence-electron chi connectivity index (χ0n) is 16.4. The van der Waals surface area contributed by atoms with Gasteiger partial charge in [-0.2, -0.15) is 0 Å². The van der Waals surface area contributed by atoms with Crippen molar-refractivity contribution < 1.29 is 9.59 Å². The number of amides is 2. The average Bonchev–Trinajstić information content (AvgIpc) is 3.37. The molecule has 0 aliphatic carbocycles. The molecule has 4 heterocycles. The summed E-state index contributed by atoms with van der Waals surface area (Å²) >= 11 is 11.9. The molecule has 1 fully saturated rings. The number of hydrogen-bond acceptors (Lipinski definition) is 4. The summed E-state index contributed by atoms with van der Waals surface area (Å²) in [5, 5.41) is 3.10. The minimum absolute atomic E-state index is 0.0328. The van der Waals surface area contributed by atoms with E-state index in [9.17, 15) is 9.59 Å². The monoisotopic (exact) mass is 445 g/mol. The largest absolute Gasteiger partial charge is 0.352 e. The maximum atomic E-state index is 13.2. The fourth-order valence-electron chi connectivity index (χ4n) is 3.94. The molecular formula is C21H21Cl2N5O2. The molecule has 0 aromatic carbocycles. The second-order valence-corrected chi connectivity index (χ2v) is 8.04. The van der Waals surface area contributed by atoms with Crippen LogP contribution in [0.3, 0.4) is 0 Å². The summed E-state index contributed by atoms with van der Waals surface area (Å²) in [6.45, 7) is 3.08. The number of aromatic nitrogens is 3. The quantitative estimate of drug-likeness (QED) is 0.606. The first-order valence-corrected chi connectivity index (χ1v) is 10.5. The molecule has 9 heteroatoms.